The third kappa shape index (κ3) is 3.97. The number of carbonyl (C=O) groups excluding carboxylic acids is 2. The summed E-state index contributed by atoms with van der Waals surface area (Å²) in [4.78, 5) is 26.4. The van der Waals surface area contributed by atoms with Crippen LogP contribution in [0.2, 0.25) is 0 Å². The Labute approximate surface area is 147 Å². The van der Waals surface area contributed by atoms with Crippen LogP contribution in [0.25, 0.3) is 0 Å². The Balaban J connectivity index is 2.02. The van der Waals surface area contributed by atoms with Gasteiger partial charge in [0.1, 0.15) is 0 Å². The number of anilines is 1. The molecule has 1 aliphatic rings. The van der Waals surface area contributed by atoms with E-state index in [-0.39, 0.29) is 11.8 Å². The van der Waals surface area contributed by atoms with Gasteiger partial charge in [-0.3, -0.25) is 9.59 Å². The third-order valence-electron chi connectivity index (χ3n) is 4.39. The Kier molecular flexibility index (Phi) is 5.29. The van der Waals surface area contributed by atoms with Gasteiger partial charge < -0.3 is 9.64 Å². The van der Waals surface area contributed by atoms with Crippen LogP contribution in [0.4, 0.5) is 5.69 Å². The molecule has 128 valence electrons. The van der Waals surface area contributed by atoms with Crippen LogP contribution in [-0.4, -0.2) is 18.9 Å². The fourth-order valence-electron chi connectivity index (χ4n) is 3.12. The predicted octanol–water partition coefficient (Wildman–Crippen LogP) is 3.73. The third-order valence-corrected chi connectivity index (χ3v) is 4.39. The predicted molar refractivity (Wildman–Crippen MR) is 96.9 cm³/mol. The molecule has 0 aliphatic heterocycles. The number of para-hydroxylation sites is 1. The summed E-state index contributed by atoms with van der Waals surface area (Å²) >= 11 is 0. The zero-order valence-electron chi connectivity index (χ0n) is 14.2. The Hall–Kier alpha value is -2.88. The number of benzene rings is 2. The van der Waals surface area contributed by atoms with Crippen LogP contribution in [0.1, 0.15) is 18.4 Å². The molecule has 1 aliphatic carbocycles. The number of nitrogens with zero attached hydrogens (tertiary/aromatic N) is 1. The first-order valence-corrected chi connectivity index (χ1v) is 8.38. The van der Waals surface area contributed by atoms with Crippen LogP contribution in [-0.2, 0) is 20.9 Å². The van der Waals surface area contributed by atoms with Crippen molar-refractivity contribution < 1.29 is 14.3 Å². The second kappa shape index (κ2) is 7.79. The van der Waals surface area contributed by atoms with Crippen molar-refractivity contribution >= 4 is 17.4 Å². The van der Waals surface area contributed by atoms with Crippen LogP contribution in [0, 0.1) is 5.92 Å². The van der Waals surface area contributed by atoms with Gasteiger partial charge in [-0.2, -0.15) is 0 Å². The lowest BCUT2D eigenvalue weighted by Crippen LogP contribution is -2.34. The van der Waals surface area contributed by atoms with Gasteiger partial charge in [-0.25, -0.2) is 0 Å². The molecule has 1 atom stereocenters. The van der Waals surface area contributed by atoms with Gasteiger partial charge in [-0.05, 0) is 24.1 Å². The maximum absolute atomic E-state index is 12.3. The minimum atomic E-state index is -0.424. The van der Waals surface area contributed by atoms with E-state index in [1.807, 2.05) is 65.6 Å². The molecule has 25 heavy (non-hydrogen) atoms. The molecule has 0 aromatic heterocycles. The van der Waals surface area contributed by atoms with E-state index in [1.165, 1.54) is 7.11 Å². The average Bonchev–Trinajstić information content (AvgIpc) is 2.67. The number of allylic oxidation sites excluding steroid dienone is 1. The summed E-state index contributed by atoms with van der Waals surface area (Å²) in [6.07, 6.45) is 2.45. The molecule has 4 heteroatoms. The summed E-state index contributed by atoms with van der Waals surface area (Å²) in [5.74, 6) is -0.677. The molecule has 0 saturated carbocycles. The zero-order chi connectivity index (χ0) is 17.6. The number of esters is 1. The highest BCUT2D eigenvalue weighted by molar-refractivity contribution is 5.94. The van der Waals surface area contributed by atoms with Gasteiger partial charge in [0.25, 0.3) is 0 Å². The maximum atomic E-state index is 12.3. The average molecular weight is 335 g/mol. The van der Waals surface area contributed by atoms with E-state index in [9.17, 15) is 9.59 Å². The molecule has 0 N–H and O–H groups in total. The molecular formula is C21H21NO3. The maximum Gasteiger partial charge on any atom is 0.314 e. The lowest BCUT2D eigenvalue weighted by Gasteiger charge is -2.33. The summed E-state index contributed by atoms with van der Waals surface area (Å²) < 4.78 is 4.97. The van der Waals surface area contributed by atoms with E-state index in [0.29, 0.717) is 25.1 Å². The molecule has 0 amide bonds. The van der Waals surface area contributed by atoms with Gasteiger partial charge >= 0.3 is 5.97 Å². The molecule has 0 spiro atoms. The number of ether oxygens (including phenoxy) is 1. The number of carbonyl (C=O) groups is 2. The van der Waals surface area contributed by atoms with E-state index in [4.69, 9.17) is 4.74 Å². The molecule has 0 bridgehead atoms. The fraction of sp³-hybridized carbons (Fsp3) is 0.238. The fourth-order valence-corrected chi connectivity index (χ4v) is 3.12. The largest absolute Gasteiger partial charge is 0.469 e. The second-order valence-corrected chi connectivity index (χ2v) is 6.06. The number of methoxy groups -OCH3 is 1. The topological polar surface area (TPSA) is 46.6 Å². The van der Waals surface area contributed by atoms with Crippen molar-refractivity contribution in [3.8, 4) is 0 Å². The van der Waals surface area contributed by atoms with Crippen molar-refractivity contribution in [2.75, 3.05) is 12.0 Å². The second-order valence-electron chi connectivity index (χ2n) is 6.06. The molecule has 0 saturated heterocycles. The highest BCUT2D eigenvalue weighted by Gasteiger charge is 2.32. The van der Waals surface area contributed by atoms with E-state index in [2.05, 4.69) is 0 Å². The quantitative estimate of drug-likeness (QED) is 0.781. The minimum Gasteiger partial charge on any atom is -0.469 e. The van der Waals surface area contributed by atoms with Crippen molar-refractivity contribution in [1.29, 1.82) is 0 Å². The highest BCUT2D eigenvalue weighted by atomic mass is 16.5. The molecule has 1 unspecified atom stereocenters. The SMILES string of the molecule is COC(=O)C1CCC(=O)C=C1N(Cc1ccccc1)c1ccccc1. The van der Waals surface area contributed by atoms with Crippen molar-refractivity contribution in [3.05, 3.63) is 78.0 Å². The first-order valence-electron chi connectivity index (χ1n) is 8.38. The van der Waals surface area contributed by atoms with Gasteiger partial charge in [0, 0.05) is 30.4 Å². The normalized spacial score (nSPS) is 16.9. The van der Waals surface area contributed by atoms with E-state index < -0.39 is 5.92 Å². The van der Waals surface area contributed by atoms with Gasteiger partial charge in [-0.15, -0.1) is 0 Å². The van der Waals surface area contributed by atoms with Crippen LogP contribution >= 0.6 is 0 Å². The van der Waals surface area contributed by atoms with E-state index >= 15 is 0 Å². The molecule has 4 nitrogen and oxygen atoms in total. The minimum absolute atomic E-state index is 0.0455. The van der Waals surface area contributed by atoms with Crippen molar-refractivity contribution in [3.63, 3.8) is 0 Å². The standard InChI is InChI=1S/C21H21NO3/c1-25-21(24)19-13-12-18(23)14-20(19)22(17-10-6-3-7-11-17)15-16-8-4-2-5-9-16/h2-11,14,19H,12-13,15H2,1H3. The van der Waals surface area contributed by atoms with Gasteiger partial charge in [0.15, 0.2) is 5.78 Å². The Morgan fingerprint density at radius 3 is 2.36 bits per heavy atom. The number of rotatable bonds is 5. The van der Waals surface area contributed by atoms with Crippen molar-refractivity contribution in [1.82, 2.24) is 0 Å². The van der Waals surface area contributed by atoms with E-state index in [1.54, 1.807) is 6.08 Å². The van der Waals surface area contributed by atoms with Crippen LogP contribution < -0.4 is 4.90 Å². The van der Waals surface area contributed by atoms with Crippen molar-refractivity contribution in [2.45, 2.75) is 19.4 Å². The highest BCUT2D eigenvalue weighted by Crippen LogP contribution is 2.32. The van der Waals surface area contributed by atoms with Crippen LogP contribution in [0.15, 0.2) is 72.4 Å². The summed E-state index contributed by atoms with van der Waals surface area (Å²) in [5, 5.41) is 0. The molecule has 0 radical (unpaired) electrons. The van der Waals surface area contributed by atoms with Crippen LogP contribution in [0.5, 0.6) is 0 Å². The molecule has 3 rings (SSSR count). The molecule has 0 heterocycles. The van der Waals surface area contributed by atoms with Gasteiger partial charge in [-0.1, -0.05) is 48.5 Å². The molecule has 0 fully saturated rings. The summed E-state index contributed by atoms with van der Waals surface area (Å²) in [6.45, 7) is 0.581. The monoisotopic (exact) mass is 335 g/mol. The summed E-state index contributed by atoms with van der Waals surface area (Å²) in [6, 6.07) is 19.8. The van der Waals surface area contributed by atoms with E-state index in [0.717, 1.165) is 11.3 Å². The van der Waals surface area contributed by atoms with Crippen molar-refractivity contribution in [2.24, 2.45) is 5.92 Å². The molecule has 2 aromatic rings. The number of hydrogen-bond donors (Lipinski definition) is 0. The Morgan fingerprint density at radius 2 is 1.72 bits per heavy atom. The first-order chi connectivity index (χ1) is 12.2. The van der Waals surface area contributed by atoms with Gasteiger partial charge in [0.05, 0.1) is 13.0 Å². The number of ketones is 1. The Bertz CT molecular complexity index is 768. The molecule has 2 aromatic carbocycles. The van der Waals surface area contributed by atoms with Crippen LogP contribution in [0.3, 0.4) is 0 Å². The van der Waals surface area contributed by atoms with Gasteiger partial charge in [0.2, 0.25) is 0 Å². The molecular weight excluding hydrogens is 314 g/mol. The summed E-state index contributed by atoms with van der Waals surface area (Å²) in [5.41, 5.74) is 2.76. The lowest BCUT2D eigenvalue weighted by atomic mass is 9.90. The Morgan fingerprint density at radius 1 is 1.08 bits per heavy atom. The zero-order valence-corrected chi connectivity index (χ0v) is 14.2. The number of hydrogen-bond acceptors (Lipinski definition) is 4. The summed E-state index contributed by atoms with van der Waals surface area (Å²) in [7, 11) is 1.39. The smallest absolute Gasteiger partial charge is 0.314 e. The first kappa shape index (κ1) is 17.0. The lowest BCUT2D eigenvalue weighted by molar-refractivity contribution is -0.144.